The van der Waals surface area contributed by atoms with E-state index in [1.807, 2.05) is 6.07 Å². The lowest BCUT2D eigenvalue weighted by molar-refractivity contribution is 0.102. The van der Waals surface area contributed by atoms with Crippen LogP contribution < -0.4 is 4.90 Å². The second-order valence-corrected chi connectivity index (χ2v) is 11.7. The van der Waals surface area contributed by atoms with Crippen LogP contribution in [0.2, 0.25) is 0 Å². The molecule has 0 aromatic heterocycles. The third-order valence-corrected chi connectivity index (χ3v) is 9.55. The molecule has 186 valence electrons. The molecule has 0 saturated heterocycles. The largest absolute Gasteiger partial charge is 0.361 e. The van der Waals surface area contributed by atoms with Gasteiger partial charge in [-0.05, 0) is 66.2 Å². The summed E-state index contributed by atoms with van der Waals surface area (Å²) in [6.45, 7) is 4.58. The number of benzene rings is 2. The van der Waals surface area contributed by atoms with Crippen molar-refractivity contribution in [3.05, 3.63) is 125 Å². The summed E-state index contributed by atoms with van der Waals surface area (Å²) < 4.78 is 0. The van der Waals surface area contributed by atoms with Gasteiger partial charge < -0.3 is 4.90 Å². The van der Waals surface area contributed by atoms with Crippen molar-refractivity contribution in [3.8, 4) is 0 Å². The third-order valence-electron chi connectivity index (χ3n) is 9.55. The van der Waals surface area contributed by atoms with E-state index in [9.17, 15) is 4.79 Å². The van der Waals surface area contributed by atoms with Gasteiger partial charge in [0.05, 0.1) is 6.04 Å². The Hall–Kier alpha value is -3.39. The molecule has 2 aromatic rings. The van der Waals surface area contributed by atoms with Crippen LogP contribution in [-0.4, -0.2) is 17.9 Å². The number of ketones is 1. The van der Waals surface area contributed by atoms with Crippen LogP contribution in [-0.2, 0) is 5.41 Å². The fraction of sp³-hybridized carbons (Fsp3) is 0.343. The van der Waals surface area contributed by atoms with Crippen molar-refractivity contribution in [2.45, 2.75) is 57.0 Å². The monoisotopic (exact) mass is 485 g/mol. The van der Waals surface area contributed by atoms with Crippen LogP contribution in [0.3, 0.4) is 0 Å². The van der Waals surface area contributed by atoms with Gasteiger partial charge in [0.25, 0.3) is 0 Å². The lowest BCUT2D eigenvalue weighted by Crippen LogP contribution is -2.49. The number of hydrogen-bond acceptors (Lipinski definition) is 2. The van der Waals surface area contributed by atoms with Crippen LogP contribution in [0.1, 0.15) is 61.0 Å². The fourth-order valence-electron chi connectivity index (χ4n) is 7.91. The Morgan fingerprint density at radius 1 is 0.892 bits per heavy atom. The number of hydrogen-bond donors (Lipinski definition) is 0. The molecule has 1 aliphatic heterocycles. The van der Waals surface area contributed by atoms with Gasteiger partial charge in [0.15, 0.2) is 5.78 Å². The molecule has 0 N–H and O–H groups in total. The molecule has 4 aliphatic carbocycles. The third kappa shape index (κ3) is 3.27. The smallest absolute Gasteiger partial charge is 0.189 e. The van der Waals surface area contributed by atoms with E-state index in [1.54, 1.807) is 0 Å². The summed E-state index contributed by atoms with van der Waals surface area (Å²) in [5, 5.41) is 0. The molecule has 5 aliphatic rings. The molecule has 0 bridgehead atoms. The number of fused-ring (bicyclic) bond motifs is 6. The molecule has 2 heteroatoms. The van der Waals surface area contributed by atoms with E-state index in [0.717, 1.165) is 36.8 Å². The highest BCUT2D eigenvalue weighted by Crippen LogP contribution is 2.58. The van der Waals surface area contributed by atoms with E-state index in [0.29, 0.717) is 29.8 Å². The van der Waals surface area contributed by atoms with Crippen molar-refractivity contribution in [2.75, 3.05) is 4.90 Å². The SMILES string of the molecule is CC1C=CC2=C(C1)C(=O)c1ccccc1C21CC2C=CCCC2N(C2C=CC=CC2C)c2ccccc21. The highest BCUT2D eigenvalue weighted by atomic mass is 16.1. The molecule has 0 amide bonds. The van der Waals surface area contributed by atoms with Crippen molar-refractivity contribution >= 4 is 11.5 Å². The first-order valence-corrected chi connectivity index (χ1v) is 14.0. The van der Waals surface area contributed by atoms with Gasteiger partial charge in [-0.1, -0.05) is 105 Å². The second kappa shape index (κ2) is 8.58. The van der Waals surface area contributed by atoms with Crippen molar-refractivity contribution in [2.24, 2.45) is 17.8 Å². The molecule has 2 aromatic carbocycles. The molecule has 1 heterocycles. The topological polar surface area (TPSA) is 20.3 Å². The molecule has 6 unspecified atom stereocenters. The quantitative estimate of drug-likeness (QED) is 0.385. The Kier molecular flexibility index (Phi) is 5.29. The zero-order valence-corrected chi connectivity index (χ0v) is 21.8. The maximum absolute atomic E-state index is 13.9. The number of Topliss-reactive ketones (excluding diaryl/α,β-unsaturated/α-hetero) is 1. The Morgan fingerprint density at radius 2 is 1.68 bits per heavy atom. The average Bonchev–Trinajstić information content (AvgIpc) is 3.05. The first-order valence-electron chi connectivity index (χ1n) is 14.0. The number of allylic oxidation sites excluding steroid dienone is 7. The number of para-hydroxylation sites is 1. The molecule has 37 heavy (non-hydrogen) atoms. The predicted molar refractivity (Wildman–Crippen MR) is 152 cm³/mol. The maximum Gasteiger partial charge on any atom is 0.189 e. The van der Waals surface area contributed by atoms with E-state index in [4.69, 9.17) is 0 Å². The van der Waals surface area contributed by atoms with Crippen LogP contribution in [0.25, 0.3) is 0 Å². The Morgan fingerprint density at radius 3 is 2.54 bits per heavy atom. The van der Waals surface area contributed by atoms with Crippen molar-refractivity contribution in [1.29, 1.82) is 0 Å². The molecular weight excluding hydrogens is 450 g/mol. The van der Waals surface area contributed by atoms with Crippen LogP contribution in [0, 0.1) is 17.8 Å². The minimum Gasteiger partial charge on any atom is -0.361 e. The van der Waals surface area contributed by atoms with Crippen molar-refractivity contribution < 1.29 is 4.79 Å². The zero-order chi connectivity index (χ0) is 25.1. The van der Waals surface area contributed by atoms with Gasteiger partial charge in [0.2, 0.25) is 0 Å². The van der Waals surface area contributed by atoms with Gasteiger partial charge >= 0.3 is 0 Å². The molecule has 0 fully saturated rings. The maximum atomic E-state index is 13.9. The van der Waals surface area contributed by atoms with Crippen LogP contribution >= 0.6 is 0 Å². The molecule has 1 spiro atoms. The summed E-state index contributed by atoms with van der Waals surface area (Å²) in [5.74, 6) is 1.44. The minimum atomic E-state index is -0.343. The summed E-state index contributed by atoms with van der Waals surface area (Å²) >= 11 is 0. The van der Waals surface area contributed by atoms with Crippen LogP contribution in [0.4, 0.5) is 5.69 Å². The van der Waals surface area contributed by atoms with E-state index in [2.05, 4.69) is 110 Å². The highest BCUT2D eigenvalue weighted by Gasteiger charge is 2.52. The van der Waals surface area contributed by atoms with Gasteiger partial charge in [-0.15, -0.1) is 0 Å². The van der Waals surface area contributed by atoms with E-state index >= 15 is 0 Å². The van der Waals surface area contributed by atoms with Gasteiger partial charge in [-0.3, -0.25) is 4.79 Å². The Labute approximate surface area is 220 Å². The van der Waals surface area contributed by atoms with E-state index in [1.165, 1.54) is 22.4 Å². The molecule has 7 rings (SSSR count). The molecule has 0 saturated carbocycles. The lowest BCUT2D eigenvalue weighted by atomic mass is 9.57. The highest BCUT2D eigenvalue weighted by molar-refractivity contribution is 6.13. The standard InChI is InChI=1S/C35H35NO/c1-23-19-20-29-27(21-23)34(37)26-13-5-6-14-28(26)35(29)22-25-12-4-9-17-32(25)36(31-16-8-3-11-24(31)2)33-18-10-7-15-30(33)35/h3-8,10-16,18-20,23-25,31-32H,9,17,21-22H2,1-2H3. The number of rotatable bonds is 1. The van der Waals surface area contributed by atoms with Crippen molar-refractivity contribution in [3.63, 3.8) is 0 Å². The fourth-order valence-corrected chi connectivity index (χ4v) is 7.91. The summed E-state index contributed by atoms with van der Waals surface area (Å²) in [5.41, 5.74) is 6.72. The molecule has 6 atom stereocenters. The summed E-state index contributed by atoms with van der Waals surface area (Å²) in [7, 11) is 0. The summed E-state index contributed by atoms with van der Waals surface area (Å²) in [6.07, 6.45) is 22.8. The van der Waals surface area contributed by atoms with Gasteiger partial charge in [-0.2, -0.15) is 0 Å². The van der Waals surface area contributed by atoms with Crippen LogP contribution in [0.15, 0.2) is 108 Å². The van der Waals surface area contributed by atoms with Gasteiger partial charge in [0, 0.05) is 28.3 Å². The number of anilines is 1. The lowest BCUT2D eigenvalue weighted by Gasteiger charge is -2.44. The number of carbonyl (C=O) groups is 1. The predicted octanol–water partition coefficient (Wildman–Crippen LogP) is 7.74. The van der Waals surface area contributed by atoms with Crippen LogP contribution in [0.5, 0.6) is 0 Å². The van der Waals surface area contributed by atoms with E-state index in [-0.39, 0.29) is 11.2 Å². The van der Waals surface area contributed by atoms with Gasteiger partial charge in [-0.25, -0.2) is 0 Å². The second-order valence-electron chi connectivity index (χ2n) is 11.7. The molecule has 0 radical (unpaired) electrons. The first-order chi connectivity index (χ1) is 18.1. The Bertz CT molecular complexity index is 1420. The van der Waals surface area contributed by atoms with Gasteiger partial charge in [0.1, 0.15) is 0 Å². The average molecular weight is 486 g/mol. The number of nitrogens with zero attached hydrogens (tertiary/aromatic N) is 1. The number of carbonyl (C=O) groups excluding carboxylic acids is 1. The molecule has 2 nitrogen and oxygen atoms in total. The normalized spacial score (nSPS) is 33.6. The van der Waals surface area contributed by atoms with Crippen molar-refractivity contribution in [1.82, 2.24) is 0 Å². The first kappa shape index (κ1) is 22.8. The Balaban J connectivity index is 1.56. The zero-order valence-electron chi connectivity index (χ0n) is 21.8. The summed E-state index contributed by atoms with van der Waals surface area (Å²) in [4.78, 5) is 16.7. The minimum absolute atomic E-state index is 0.232. The molecular formula is C35H35NO. The summed E-state index contributed by atoms with van der Waals surface area (Å²) in [6, 6.07) is 18.3. The van der Waals surface area contributed by atoms with E-state index < -0.39 is 0 Å².